The molecule has 132 valence electrons. The van der Waals surface area contributed by atoms with E-state index in [-0.39, 0.29) is 20.5 Å². The van der Waals surface area contributed by atoms with E-state index in [0.29, 0.717) is 5.69 Å². The normalized spacial score (nSPS) is 11.0. The first-order chi connectivity index (χ1) is 11.6. The van der Waals surface area contributed by atoms with Crippen LogP contribution in [0.1, 0.15) is 10.4 Å². The van der Waals surface area contributed by atoms with Gasteiger partial charge in [-0.2, -0.15) is 0 Å². The number of benzene rings is 2. The number of anilines is 1. The van der Waals surface area contributed by atoms with Gasteiger partial charge in [0.2, 0.25) is 10.0 Å². The number of primary sulfonamides is 1. The van der Waals surface area contributed by atoms with E-state index in [2.05, 4.69) is 5.32 Å². The highest BCUT2D eigenvalue weighted by molar-refractivity contribution is 7.89. The summed E-state index contributed by atoms with van der Waals surface area (Å²) < 4.78 is 27.1. The molecule has 0 bridgehead atoms. The quantitative estimate of drug-likeness (QED) is 0.744. The van der Waals surface area contributed by atoms with Crippen molar-refractivity contribution >= 4 is 50.8 Å². The molecule has 10 heteroatoms. The molecule has 0 atom stereocenters. The zero-order valence-electron chi connectivity index (χ0n) is 12.5. The number of amides is 1. The van der Waals surface area contributed by atoms with E-state index < -0.39 is 28.5 Å². The summed E-state index contributed by atoms with van der Waals surface area (Å²) >= 11 is 11.6. The highest BCUT2D eigenvalue weighted by Gasteiger charge is 2.13. The largest absolute Gasteiger partial charge is 0.452 e. The van der Waals surface area contributed by atoms with Crippen LogP contribution in [0.25, 0.3) is 0 Å². The molecule has 0 unspecified atom stereocenters. The molecule has 0 saturated heterocycles. The topological polar surface area (TPSA) is 116 Å². The van der Waals surface area contributed by atoms with Gasteiger partial charge in [0, 0.05) is 15.7 Å². The molecular formula is C15H12Cl2N2O5S. The lowest BCUT2D eigenvalue weighted by Crippen LogP contribution is -2.21. The average molecular weight is 403 g/mol. The Morgan fingerprint density at radius 1 is 1.04 bits per heavy atom. The lowest BCUT2D eigenvalue weighted by Gasteiger charge is -2.07. The maximum absolute atomic E-state index is 11.9. The molecule has 2 rings (SSSR count). The Bertz CT molecular complexity index is 894. The molecule has 1 amide bonds. The molecule has 0 spiro atoms. The highest BCUT2D eigenvalue weighted by atomic mass is 35.5. The zero-order valence-corrected chi connectivity index (χ0v) is 14.9. The first-order valence-corrected chi connectivity index (χ1v) is 9.01. The van der Waals surface area contributed by atoms with Gasteiger partial charge in [-0.1, -0.05) is 23.2 Å². The molecule has 3 N–H and O–H groups in total. The number of hydrogen-bond acceptors (Lipinski definition) is 5. The smallest absolute Gasteiger partial charge is 0.338 e. The van der Waals surface area contributed by atoms with E-state index in [4.69, 9.17) is 33.1 Å². The Morgan fingerprint density at radius 3 is 2.12 bits per heavy atom. The molecular weight excluding hydrogens is 391 g/mol. The van der Waals surface area contributed by atoms with Crippen molar-refractivity contribution in [2.75, 3.05) is 11.9 Å². The van der Waals surface area contributed by atoms with Gasteiger partial charge in [-0.15, -0.1) is 0 Å². The van der Waals surface area contributed by atoms with Gasteiger partial charge in [0.15, 0.2) is 6.61 Å². The average Bonchev–Trinajstić information content (AvgIpc) is 2.51. The van der Waals surface area contributed by atoms with Crippen LogP contribution in [-0.4, -0.2) is 26.9 Å². The molecule has 25 heavy (non-hydrogen) atoms. The van der Waals surface area contributed by atoms with Crippen molar-refractivity contribution in [3.63, 3.8) is 0 Å². The van der Waals surface area contributed by atoms with Crippen LogP contribution < -0.4 is 10.5 Å². The summed E-state index contributed by atoms with van der Waals surface area (Å²) in [4.78, 5) is 23.6. The molecule has 0 aliphatic carbocycles. The van der Waals surface area contributed by atoms with Crippen LogP contribution in [0.4, 0.5) is 5.69 Å². The van der Waals surface area contributed by atoms with Crippen LogP contribution >= 0.6 is 23.2 Å². The fourth-order valence-electron chi connectivity index (χ4n) is 1.81. The van der Waals surface area contributed by atoms with Gasteiger partial charge >= 0.3 is 5.97 Å². The molecule has 0 fully saturated rings. The minimum Gasteiger partial charge on any atom is -0.452 e. The Hall–Kier alpha value is -2.13. The van der Waals surface area contributed by atoms with Crippen molar-refractivity contribution in [2.45, 2.75) is 4.90 Å². The van der Waals surface area contributed by atoms with Gasteiger partial charge in [-0.25, -0.2) is 18.4 Å². The number of nitrogens with one attached hydrogen (secondary N) is 1. The molecule has 0 heterocycles. The van der Waals surface area contributed by atoms with Crippen LogP contribution in [0.3, 0.4) is 0 Å². The number of sulfonamides is 1. The third-order valence-corrected chi connectivity index (χ3v) is 4.26. The predicted octanol–water partition coefficient (Wildman–Crippen LogP) is 2.44. The Morgan fingerprint density at radius 2 is 1.60 bits per heavy atom. The third-order valence-electron chi connectivity index (χ3n) is 2.90. The highest BCUT2D eigenvalue weighted by Crippen LogP contribution is 2.19. The van der Waals surface area contributed by atoms with Crippen LogP contribution in [-0.2, 0) is 19.6 Å². The predicted molar refractivity (Wildman–Crippen MR) is 93.2 cm³/mol. The number of carbonyl (C=O) groups excluding carboxylic acids is 2. The summed E-state index contributed by atoms with van der Waals surface area (Å²) in [5, 5.41) is 7.95. The second-order valence-corrected chi connectivity index (χ2v) is 7.29. The van der Waals surface area contributed by atoms with Crippen molar-refractivity contribution in [3.8, 4) is 0 Å². The van der Waals surface area contributed by atoms with E-state index in [9.17, 15) is 18.0 Å². The lowest BCUT2D eigenvalue weighted by molar-refractivity contribution is -0.119. The summed E-state index contributed by atoms with van der Waals surface area (Å²) in [5.41, 5.74) is 0.432. The number of nitrogens with two attached hydrogens (primary N) is 1. The Balaban J connectivity index is 1.93. The first-order valence-electron chi connectivity index (χ1n) is 6.71. The molecule has 0 aliphatic rings. The minimum atomic E-state index is -3.81. The molecule has 0 radical (unpaired) electrons. The Labute approximate surface area is 153 Å². The van der Waals surface area contributed by atoms with E-state index >= 15 is 0 Å². The van der Waals surface area contributed by atoms with Crippen molar-refractivity contribution in [1.82, 2.24) is 0 Å². The van der Waals surface area contributed by atoms with Crippen molar-refractivity contribution in [2.24, 2.45) is 5.14 Å². The molecule has 0 saturated carbocycles. The van der Waals surface area contributed by atoms with E-state index in [1.165, 1.54) is 42.5 Å². The van der Waals surface area contributed by atoms with Gasteiger partial charge < -0.3 is 10.1 Å². The minimum absolute atomic E-state index is 0.0882. The SMILES string of the molecule is NS(=O)(=O)c1ccc(NC(=O)COC(=O)c2cc(Cl)cc(Cl)c2)cc1. The number of rotatable bonds is 5. The monoisotopic (exact) mass is 402 g/mol. The maximum Gasteiger partial charge on any atom is 0.338 e. The van der Waals surface area contributed by atoms with E-state index in [0.717, 1.165) is 0 Å². The molecule has 7 nitrogen and oxygen atoms in total. The maximum atomic E-state index is 11.9. The molecule has 0 aliphatic heterocycles. The second kappa shape index (κ2) is 7.83. The van der Waals surface area contributed by atoms with Crippen LogP contribution in [0.2, 0.25) is 10.0 Å². The van der Waals surface area contributed by atoms with Crippen LogP contribution in [0.5, 0.6) is 0 Å². The third kappa shape index (κ3) is 5.71. The number of hydrogen-bond donors (Lipinski definition) is 2. The fraction of sp³-hybridized carbons (Fsp3) is 0.0667. The molecule has 2 aromatic carbocycles. The van der Waals surface area contributed by atoms with Crippen molar-refractivity contribution < 1.29 is 22.7 Å². The van der Waals surface area contributed by atoms with Crippen molar-refractivity contribution in [3.05, 3.63) is 58.1 Å². The lowest BCUT2D eigenvalue weighted by atomic mass is 10.2. The summed E-state index contributed by atoms with van der Waals surface area (Å²) in [7, 11) is -3.81. The fourth-order valence-corrected chi connectivity index (χ4v) is 2.85. The standard InChI is InChI=1S/C15H12Cl2N2O5S/c16-10-5-9(6-11(17)7-10)15(21)24-8-14(20)19-12-1-3-13(4-2-12)25(18,22)23/h1-7H,8H2,(H,19,20)(H2,18,22,23). The summed E-state index contributed by atoms with van der Waals surface area (Å²) in [6, 6.07) is 9.37. The van der Waals surface area contributed by atoms with Gasteiger partial charge in [0.05, 0.1) is 10.5 Å². The summed E-state index contributed by atoms with van der Waals surface area (Å²) in [5.74, 6) is -1.37. The summed E-state index contributed by atoms with van der Waals surface area (Å²) in [6.45, 7) is -0.542. The van der Waals surface area contributed by atoms with Crippen LogP contribution in [0, 0.1) is 0 Å². The summed E-state index contributed by atoms with van der Waals surface area (Å²) in [6.07, 6.45) is 0. The van der Waals surface area contributed by atoms with Gasteiger partial charge in [0.1, 0.15) is 0 Å². The van der Waals surface area contributed by atoms with E-state index in [1.54, 1.807) is 0 Å². The number of halogens is 2. The zero-order chi connectivity index (χ0) is 18.6. The first kappa shape index (κ1) is 19.2. The molecule has 0 aromatic heterocycles. The van der Waals surface area contributed by atoms with Crippen molar-refractivity contribution in [1.29, 1.82) is 0 Å². The van der Waals surface area contributed by atoms with Crippen LogP contribution in [0.15, 0.2) is 47.4 Å². The number of carbonyl (C=O) groups is 2. The molecule has 2 aromatic rings. The number of esters is 1. The second-order valence-electron chi connectivity index (χ2n) is 4.85. The van der Waals surface area contributed by atoms with E-state index in [1.807, 2.05) is 0 Å². The Kier molecular flexibility index (Phi) is 6.02. The van der Waals surface area contributed by atoms with Gasteiger partial charge in [-0.3, -0.25) is 4.79 Å². The van der Waals surface area contributed by atoms with Gasteiger partial charge in [0.25, 0.3) is 5.91 Å². The number of ether oxygens (including phenoxy) is 1. The van der Waals surface area contributed by atoms with Gasteiger partial charge in [-0.05, 0) is 42.5 Å².